The molecule has 1 aliphatic rings. The van der Waals surface area contributed by atoms with Crippen molar-refractivity contribution < 1.29 is 9.90 Å². The maximum absolute atomic E-state index is 13.5. The number of hydrogen-bond acceptors (Lipinski definition) is 4. The Morgan fingerprint density at radius 1 is 1.22 bits per heavy atom. The molecule has 0 unspecified atom stereocenters. The molecular formula is C26H28N4O2. The molecule has 2 aromatic carbocycles. The highest BCUT2D eigenvalue weighted by atomic mass is 16.3. The molecule has 32 heavy (non-hydrogen) atoms. The number of carbonyl (C=O) groups excluding carboxylic acids is 1. The van der Waals surface area contributed by atoms with Crippen LogP contribution in [0.1, 0.15) is 45.5 Å². The highest BCUT2D eigenvalue weighted by Gasteiger charge is 2.36. The molecule has 1 aromatic heterocycles. The van der Waals surface area contributed by atoms with E-state index < -0.39 is 0 Å². The molecule has 1 saturated heterocycles. The van der Waals surface area contributed by atoms with E-state index in [-0.39, 0.29) is 17.9 Å². The second-order valence-corrected chi connectivity index (χ2v) is 8.80. The molecule has 1 fully saturated rings. The van der Waals surface area contributed by atoms with Crippen LogP contribution in [0.2, 0.25) is 0 Å². The van der Waals surface area contributed by atoms with Gasteiger partial charge in [0.05, 0.1) is 23.5 Å². The zero-order valence-corrected chi connectivity index (χ0v) is 18.4. The molecule has 6 nitrogen and oxygen atoms in total. The molecule has 1 amide bonds. The van der Waals surface area contributed by atoms with E-state index in [4.69, 9.17) is 0 Å². The van der Waals surface area contributed by atoms with Crippen LogP contribution in [0.15, 0.2) is 61.2 Å². The fraction of sp³-hybridized carbons (Fsp3) is 0.346. The second-order valence-electron chi connectivity index (χ2n) is 8.80. The number of rotatable bonds is 6. The van der Waals surface area contributed by atoms with Gasteiger partial charge in [-0.3, -0.25) is 4.79 Å². The number of aliphatic hydroxyl groups excluding tert-OH is 1. The van der Waals surface area contributed by atoms with Crippen LogP contribution in [-0.2, 0) is 13.0 Å². The molecule has 164 valence electrons. The number of nitrogens with zero attached hydrogens (tertiary/aromatic N) is 4. The number of piperidine rings is 1. The Labute approximate surface area is 188 Å². The molecule has 3 aromatic rings. The van der Waals surface area contributed by atoms with Crippen LogP contribution in [0.25, 0.3) is 0 Å². The number of benzene rings is 2. The lowest BCUT2D eigenvalue weighted by Gasteiger charge is -2.41. The maximum atomic E-state index is 13.5. The van der Waals surface area contributed by atoms with E-state index in [0.29, 0.717) is 30.8 Å². The Hall–Kier alpha value is -3.43. The Morgan fingerprint density at radius 3 is 2.66 bits per heavy atom. The first-order valence-electron chi connectivity index (χ1n) is 11.0. The smallest absolute Gasteiger partial charge is 0.255 e. The minimum absolute atomic E-state index is 0.101. The van der Waals surface area contributed by atoms with E-state index in [1.54, 1.807) is 18.6 Å². The molecule has 2 heterocycles. The predicted octanol–water partition coefficient (Wildman–Crippen LogP) is 3.57. The molecule has 0 aliphatic carbocycles. The summed E-state index contributed by atoms with van der Waals surface area (Å²) < 4.78 is 1.89. The average Bonchev–Trinajstić information content (AvgIpc) is 3.32. The number of aryl methyl sites for hydroxylation is 1. The van der Waals surface area contributed by atoms with Gasteiger partial charge < -0.3 is 14.6 Å². The summed E-state index contributed by atoms with van der Waals surface area (Å²) in [4.78, 5) is 19.4. The van der Waals surface area contributed by atoms with E-state index in [9.17, 15) is 15.2 Å². The van der Waals surface area contributed by atoms with Gasteiger partial charge in [0, 0.05) is 44.0 Å². The first-order chi connectivity index (χ1) is 15.5. The molecule has 1 N–H and O–H groups in total. The number of nitriles is 1. The van der Waals surface area contributed by atoms with E-state index in [1.165, 1.54) is 11.1 Å². The van der Waals surface area contributed by atoms with Crippen molar-refractivity contribution in [2.75, 3.05) is 19.7 Å². The van der Waals surface area contributed by atoms with Gasteiger partial charge in [-0.05, 0) is 43.4 Å². The molecule has 4 rings (SSSR count). The van der Waals surface area contributed by atoms with Crippen LogP contribution in [0.5, 0.6) is 0 Å². The average molecular weight is 429 g/mol. The van der Waals surface area contributed by atoms with Crippen molar-refractivity contribution in [3.05, 3.63) is 89.0 Å². The predicted molar refractivity (Wildman–Crippen MR) is 122 cm³/mol. The third-order valence-corrected chi connectivity index (χ3v) is 6.51. The van der Waals surface area contributed by atoms with Gasteiger partial charge in [0.25, 0.3) is 5.91 Å². The molecule has 0 bridgehead atoms. The third kappa shape index (κ3) is 4.58. The lowest BCUT2D eigenvalue weighted by molar-refractivity contribution is 0.0357. The summed E-state index contributed by atoms with van der Waals surface area (Å²) in [6.45, 7) is 3.79. The summed E-state index contributed by atoms with van der Waals surface area (Å²) in [5.74, 6) is -0.112. The molecule has 0 radical (unpaired) electrons. The number of aliphatic hydroxyl groups is 1. The fourth-order valence-electron chi connectivity index (χ4n) is 4.64. The normalized spacial score (nSPS) is 15.3. The Balaban J connectivity index is 1.52. The van der Waals surface area contributed by atoms with Crippen molar-refractivity contribution in [1.82, 2.24) is 14.5 Å². The number of carbonyl (C=O) groups is 1. The van der Waals surface area contributed by atoms with E-state index in [0.717, 1.165) is 24.8 Å². The summed E-state index contributed by atoms with van der Waals surface area (Å²) >= 11 is 0. The first-order valence-corrected chi connectivity index (χ1v) is 11.0. The Bertz CT molecular complexity index is 1120. The second kappa shape index (κ2) is 9.37. The molecule has 0 spiro atoms. The summed E-state index contributed by atoms with van der Waals surface area (Å²) in [5.41, 5.74) is 3.88. The summed E-state index contributed by atoms with van der Waals surface area (Å²) in [6.07, 6.45) is 7.50. The van der Waals surface area contributed by atoms with Crippen LogP contribution in [0, 0.1) is 23.7 Å². The van der Waals surface area contributed by atoms with Crippen LogP contribution < -0.4 is 0 Å². The third-order valence-electron chi connectivity index (χ3n) is 6.51. The number of imidazole rings is 1. The Kier molecular flexibility index (Phi) is 6.38. The van der Waals surface area contributed by atoms with Gasteiger partial charge in [-0.2, -0.15) is 5.26 Å². The van der Waals surface area contributed by atoms with Gasteiger partial charge in [0.2, 0.25) is 0 Å². The standard InChI is InChI=1S/C26H28N4O2/c1-20-4-2-5-21(14-20)15-26(18-31)8-11-30(12-9-26)25(32)24-22(16-27)6-3-7-23(24)17-29-13-10-28-19-29/h2-7,10,13-14,19,31H,8-9,11-12,15,17-18H2,1H3. The van der Waals surface area contributed by atoms with Crippen molar-refractivity contribution in [2.45, 2.75) is 32.7 Å². The van der Waals surface area contributed by atoms with E-state index >= 15 is 0 Å². The van der Waals surface area contributed by atoms with Crippen LogP contribution in [-0.4, -0.2) is 45.2 Å². The number of likely N-dealkylation sites (tertiary alicyclic amines) is 1. The minimum atomic E-state index is -0.223. The van der Waals surface area contributed by atoms with Crippen molar-refractivity contribution >= 4 is 5.91 Å². The van der Waals surface area contributed by atoms with Gasteiger partial charge in [-0.15, -0.1) is 0 Å². The van der Waals surface area contributed by atoms with Crippen molar-refractivity contribution in [2.24, 2.45) is 5.41 Å². The molecule has 0 atom stereocenters. The maximum Gasteiger partial charge on any atom is 0.255 e. The zero-order chi connectivity index (χ0) is 22.6. The lowest BCUT2D eigenvalue weighted by atomic mass is 9.74. The van der Waals surface area contributed by atoms with Crippen molar-refractivity contribution in [3.8, 4) is 6.07 Å². The molecular weight excluding hydrogens is 400 g/mol. The summed E-state index contributed by atoms with van der Waals surface area (Å²) in [6, 6.07) is 16.0. The number of amides is 1. The van der Waals surface area contributed by atoms with E-state index in [1.807, 2.05) is 27.8 Å². The van der Waals surface area contributed by atoms with Gasteiger partial charge in [0.15, 0.2) is 0 Å². The van der Waals surface area contributed by atoms with Gasteiger partial charge in [-0.1, -0.05) is 42.0 Å². The van der Waals surface area contributed by atoms with E-state index in [2.05, 4.69) is 42.2 Å². The largest absolute Gasteiger partial charge is 0.396 e. The fourth-order valence-corrected chi connectivity index (χ4v) is 4.64. The molecule has 0 saturated carbocycles. The van der Waals surface area contributed by atoms with Crippen molar-refractivity contribution in [1.29, 1.82) is 5.26 Å². The Morgan fingerprint density at radius 2 is 2.00 bits per heavy atom. The minimum Gasteiger partial charge on any atom is -0.396 e. The van der Waals surface area contributed by atoms with Crippen molar-refractivity contribution in [3.63, 3.8) is 0 Å². The SMILES string of the molecule is Cc1cccc(CC2(CO)CCN(C(=O)c3c(C#N)cccc3Cn3ccnc3)CC2)c1. The van der Waals surface area contributed by atoms with Gasteiger partial charge in [0.1, 0.15) is 0 Å². The van der Waals surface area contributed by atoms with Gasteiger partial charge >= 0.3 is 0 Å². The quantitative estimate of drug-likeness (QED) is 0.651. The first kappa shape index (κ1) is 21.8. The molecule has 1 aliphatic heterocycles. The summed E-state index contributed by atoms with van der Waals surface area (Å²) in [7, 11) is 0. The lowest BCUT2D eigenvalue weighted by Crippen LogP contribution is -2.46. The number of hydrogen-bond donors (Lipinski definition) is 1. The van der Waals surface area contributed by atoms with Crippen LogP contribution in [0.4, 0.5) is 0 Å². The highest BCUT2D eigenvalue weighted by Crippen LogP contribution is 2.35. The zero-order valence-electron chi connectivity index (χ0n) is 18.4. The number of aromatic nitrogens is 2. The van der Waals surface area contributed by atoms with Crippen LogP contribution in [0.3, 0.4) is 0 Å². The van der Waals surface area contributed by atoms with Gasteiger partial charge in [-0.25, -0.2) is 4.98 Å². The molecule has 6 heteroatoms. The monoisotopic (exact) mass is 428 g/mol. The highest BCUT2D eigenvalue weighted by molar-refractivity contribution is 5.98. The topological polar surface area (TPSA) is 82.1 Å². The summed E-state index contributed by atoms with van der Waals surface area (Å²) in [5, 5.41) is 19.9. The van der Waals surface area contributed by atoms with Crippen LogP contribution >= 0.6 is 0 Å².